The molecular weight excluding hydrogens is 326 g/mol. The Hall–Kier alpha value is -2.42. The maximum Gasteiger partial charge on any atom is 0.354 e. The standard InChI is InChI=1S/C10H4BrNO7/c11-5-2-3-1-4(9(14)15)10(16)19-8(3)6(7(5)13)12(17)18/h1-2,13H,(H,14,15). The summed E-state index contributed by atoms with van der Waals surface area (Å²) < 4.78 is 4.61. The minimum atomic E-state index is -1.51. The largest absolute Gasteiger partial charge is 0.501 e. The number of phenols is 1. The summed E-state index contributed by atoms with van der Waals surface area (Å²) in [6.07, 6.45) is 0. The van der Waals surface area contributed by atoms with Gasteiger partial charge in [-0.2, -0.15) is 0 Å². The third kappa shape index (κ3) is 2.03. The lowest BCUT2D eigenvalue weighted by Gasteiger charge is -2.03. The molecule has 0 saturated heterocycles. The van der Waals surface area contributed by atoms with Gasteiger partial charge < -0.3 is 14.6 Å². The van der Waals surface area contributed by atoms with E-state index in [4.69, 9.17) is 5.11 Å². The van der Waals surface area contributed by atoms with Crippen LogP contribution in [0, 0.1) is 10.1 Å². The van der Waals surface area contributed by atoms with E-state index in [1.807, 2.05) is 0 Å². The summed E-state index contributed by atoms with van der Waals surface area (Å²) in [7, 11) is 0. The Morgan fingerprint density at radius 2 is 2.05 bits per heavy atom. The predicted molar refractivity (Wildman–Crippen MR) is 65.5 cm³/mol. The molecule has 0 aliphatic carbocycles. The fourth-order valence-electron chi connectivity index (χ4n) is 1.52. The molecule has 0 fully saturated rings. The van der Waals surface area contributed by atoms with Crippen molar-refractivity contribution in [3.05, 3.63) is 42.7 Å². The number of hydrogen-bond acceptors (Lipinski definition) is 6. The predicted octanol–water partition coefficient (Wildman–Crippen LogP) is 1.87. The highest BCUT2D eigenvalue weighted by Gasteiger charge is 2.25. The molecule has 1 heterocycles. The molecule has 9 heteroatoms. The van der Waals surface area contributed by atoms with Crippen molar-refractivity contribution in [2.45, 2.75) is 0 Å². The number of phenolic OH excluding ortho intramolecular Hbond substituents is 1. The summed E-state index contributed by atoms with van der Waals surface area (Å²) in [5.41, 5.74) is -3.18. The van der Waals surface area contributed by atoms with Gasteiger partial charge in [-0.1, -0.05) is 0 Å². The number of nitro benzene ring substituents is 1. The number of benzene rings is 1. The van der Waals surface area contributed by atoms with E-state index >= 15 is 0 Å². The van der Waals surface area contributed by atoms with Crippen molar-refractivity contribution in [2.75, 3.05) is 0 Å². The van der Waals surface area contributed by atoms with Crippen LogP contribution >= 0.6 is 15.9 Å². The van der Waals surface area contributed by atoms with Gasteiger partial charge in [0.15, 0.2) is 0 Å². The lowest BCUT2D eigenvalue weighted by molar-refractivity contribution is -0.384. The van der Waals surface area contributed by atoms with Crippen molar-refractivity contribution in [1.82, 2.24) is 0 Å². The Morgan fingerprint density at radius 3 is 2.58 bits per heavy atom. The van der Waals surface area contributed by atoms with Crippen molar-refractivity contribution in [1.29, 1.82) is 0 Å². The zero-order valence-electron chi connectivity index (χ0n) is 8.92. The third-order valence-corrected chi connectivity index (χ3v) is 2.94. The number of rotatable bonds is 2. The molecule has 0 atom stereocenters. The molecule has 0 aliphatic rings. The number of halogens is 1. The number of fused-ring (bicyclic) bond motifs is 1. The molecular formula is C10H4BrNO7. The molecule has 98 valence electrons. The van der Waals surface area contributed by atoms with E-state index in [0.29, 0.717) is 0 Å². The molecule has 1 aromatic heterocycles. The fraction of sp³-hybridized carbons (Fsp3) is 0. The topological polar surface area (TPSA) is 131 Å². The number of aromatic hydroxyl groups is 1. The van der Waals surface area contributed by atoms with Crippen LogP contribution in [0.1, 0.15) is 10.4 Å². The second kappa shape index (κ2) is 4.35. The van der Waals surface area contributed by atoms with Crippen LogP contribution in [0.4, 0.5) is 5.69 Å². The average molecular weight is 330 g/mol. The first-order valence-electron chi connectivity index (χ1n) is 4.70. The molecule has 0 bridgehead atoms. The molecule has 0 aliphatic heterocycles. The number of nitrogens with zero attached hydrogens (tertiary/aromatic N) is 1. The van der Waals surface area contributed by atoms with Gasteiger partial charge in [0.25, 0.3) is 0 Å². The number of nitro groups is 1. The highest BCUT2D eigenvalue weighted by Crippen LogP contribution is 2.40. The zero-order chi connectivity index (χ0) is 14.3. The second-order valence-corrected chi connectivity index (χ2v) is 4.34. The molecule has 0 amide bonds. The highest BCUT2D eigenvalue weighted by atomic mass is 79.9. The lowest BCUT2D eigenvalue weighted by Crippen LogP contribution is -2.13. The first-order chi connectivity index (χ1) is 8.82. The van der Waals surface area contributed by atoms with E-state index in [2.05, 4.69) is 20.3 Å². The van der Waals surface area contributed by atoms with Crippen molar-refractivity contribution in [2.24, 2.45) is 0 Å². The van der Waals surface area contributed by atoms with Crippen LogP contribution < -0.4 is 5.63 Å². The van der Waals surface area contributed by atoms with Gasteiger partial charge in [-0.15, -0.1) is 0 Å². The van der Waals surface area contributed by atoms with Crippen LogP contribution in [0.2, 0.25) is 0 Å². The Kier molecular flexibility index (Phi) is 2.98. The number of carbonyl (C=O) groups is 1. The summed E-state index contributed by atoms with van der Waals surface area (Å²) in [6.45, 7) is 0. The van der Waals surface area contributed by atoms with Crippen LogP contribution in [0.15, 0.2) is 25.8 Å². The highest BCUT2D eigenvalue weighted by molar-refractivity contribution is 9.10. The number of aromatic carboxylic acids is 1. The Balaban J connectivity index is 2.99. The van der Waals surface area contributed by atoms with Crippen LogP contribution in [-0.4, -0.2) is 21.1 Å². The van der Waals surface area contributed by atoms with E-state index in [1.165, 1.54) is 6.07 Å². The Labute approximate surface area is 112 Å². The van der Waals surface area contributed by atoms with Gasteiger partial charge in [-0.05, 0) is 28.1 Å². The third-order valence-electron chi connectivity index (χ3n) is 2.34. The summed E-state index contributed by atoms with van der Waals surface area (Å²) in [5.74, 6) is -2.22. The van der Waals surface area contributed by atoms with E-state index in [0.717, 1.165) is 6.07 Å². The SMILES string of the molecule is O=C(O)c1cc2cc(Br)c(O)c([N+](=O)[O-])c2oc1=O. The number of hydrogen-bond donors (Lipinski definition) is 2. The zero-order valence-corrected chi connectivity index (χ0v) is 10.5. The van der Waals surface area contributed by atoms with Crippen LogP contribution in [-0.2, 0) is 0 Å². The van der Waals surface area contributed by atoms with Crippen molar-refractivity contribution in [3.8, 4) is 5.75 Å². The van der Waals surface area contributed by atoms with Crippen LogP contribution in [0.25, 0.3) is 11.0 Å². The van der Waals surface area contributed by atoms with Gasteiger partial charge in [-0.3, -0.25) is 10.1 Å². The number of carboxylic acids is 1. The monoisotopic (exact) mass is 329 g/mol. The van der Waals surface area contributed by atoms with E-state index in [-0.39, 0.29) is 9.86 Å². The molecule has 0 radical (unpaired) electrons. The molecule has 1 aromatic carbocycles. The van der Waals surface area contributed by atoms with E-state index in [1.54, 1.807) is 0 Å². The van der Waals surface area contributed by atoms with Gasteiger partial charge in [0.05, 0.1) is 9.40 Å². The lowest BCUT2D eigenvalue weighted by atomic mass is 10.1. The average Bonchev–Trinajstić information content (AvgIpc) is 2.30. The maximum absolute atomic E-state index is 11.4. The molecule has 2 rings (SSSR count). The summed E-state index contributed by atoms with van der Waals surface area (Å²) in [6, 6.07) is 2.16. The van der Waals surface area contributed by atoms with Gasteiger partial charge in [0, 0.05) is 5.39 Å². The van der Waals surface area contributed by atoms with E-state index in [9.17, 15) is 24.8 Å². The summed E-state index contributed by atoms with van der Waals surface area (Å²) >= 11 is 2.89. The summed E-state index contributed by atoms with van der Waals surface area (Å²) in [5, 5.41) is 29.2. The molecule has 2 N–H and O–H groups in total. The summed E-state index contributed by atoms with van der Waals surface area (Å²) in [4.78, 5) is 32.1. The first-order valence-corrected chi connectivity index (χ1v) is 5.49. The van der Waals surface area contributed by atoms with Crippen molar-refractivity contribution < 1.29 is 24.3 Å². The van der Waals surface area contributed by atoms with Crippen LogP contribution in [0.5, 0.6) is 5.75 Å². The quantitative estimate of drug-likeness (QED) is 0.488. The van der Waals surface area contributed by atoms with Crippen molar-refractivity contribution in [3.63, 3.8) is 0 Å². The Morgan fingerprint density at radius 1 is 1.42 bits per heavy atom. The normalized spacial score (nSPS) is 10.6. The van der Waals surface area contributed by atoms with E-state index < -0.39 is 39.1 Å². The van der Waals surface area contributed by atoms with Crippen LogP contribution in [0.3, 0.4) is 0 Å². The molecule has 0 spiro atoms. The molecule has 2 aromatic rings. The minimum Gasteiger partial charge on any atom is -0.501 e. The second-order valence-electron chi connectivity index (χ2n) is 3.48. The molecule has 8 nitrogen and oxygen atoms in total. The van der Waals surface area contributed by atoms with Crippen molar-refractivity contribution >= 4 is 38.6 Å². The van der Waals surface area contributed by atoms with Gasteiger partial charge in [0.1, 0.15) is 5.56 Å². The van der Waals surface area contributed by atoms with Gasteiger partial charge in [0.2, 0.25) is 11.3 Å². The minimum absolute atomic E-state index is 0.00775. The molecule has 19 heavy (non-hydrogen) atoms. The molecule has 0 unspecified atom stereocenters. The van der Waals surface area contributed by atoms with Gasteiger partial charge in [-0.25, -0.2) is 9.59 Å². The fourth-order valence-corrected chi connectivity index (χ4v) is 1.96. The van der Waals surface area contributed by atoms with Gasteiger partial charge >= 0.3 is 17.3 Å². The number of carboxylic acid groups (broad SMARTS) is 1. The Bertz CT molecular complexity index is 780. The first kappa shape index (κ1) is 13.0. The smallest absolute Gasteiger partial charge is 0.354 e. The molecule has 0 saturated carbocycles. The maximum atomic E-state index is 11.4.